The van der Waals surface area contributed by atoms with Crippen LogP contribution in [0.3, 0.4) is 0 Å². The second-order valence-electron chi connectivity index (χ2n) is 12.3. The smallest absolute Gasteiger partial charge is 0.462 e. The molecule has 0 heterocycles. The third-order valence-electron chi connectivity index (χ3n) is 7.51. The monoisotopic (exact) mass is 747 g/mol. The Morgan fingerprint density at radius 2 is 1.04 bits per heavy atom. The van der Waals surface area contributed by atoms with Crippen molar-refractivity contribution < 1.29 is 37.6 Å². The van der Waals surface area contributed by atoms with Gasteiger partial charge in [0.05, 0.1) is 13.2 Å². The molecule has 0 saturated carbocycles. The molecule has 0 bridgehead atoms. The number of hydrogen-bond acceptors (Lipinski definition) is 8. The van der Waals surface area contributed by atoms with Gasteiger partial charge >= 0.3 is 19.8 Å². The third-order valence-corrected chi connectivity index (χ3v) is 8.49. The maximum atomic E-state index is 12.6. The van der Waals surface area contributed by atoms with Gasteiger partial charge in [0.2, 0.25) is 0 Å². The molecule has 296 valence electrons. The SMILES string of the molecule is CC/C=C\C/C=C\C/C=C\C/C=C\CCCCC(=O)OCC(COP(=O)(O)OCCNC)OC(=O)CCCCCCC/C=C\C/C=C\C/C=C\CC. The minimum Gasteiger partial charge on any atom is -0.462 e. The summed E-state index contributed by atoms with van der Waals surface area (Å²) in [6.45, 7) is 3.89. The first-order chi connectivity index (χ1) is 25.3. The molecule has 52 heavy (non-hydrogen) atoms. The fourth-order valence-corrected chi connectivity index (χ4v) is 5.37. The Bertz CT molecular complexity index is 1130. The van der Waals surface area contributed by atoms with E-state index in [-0.39, 0.29) is 26.1 Å². The zero-order chi connectivity index (χ0) is 38.2. The number of carbonyl (C=O) groups excluding carboxylic acids is 2. The van der Waals surface area contributed by atoms with Gasteiger partial charge < -0.3 is 19.7 Å². The molecule has 0 aromatic heterocycles. The second kappa shape index (κ2) is 37.9. The van der Waals surface area contributed by atoms with Crippen LogP contribution in [-0.4, -0.2) is 56.3 Å². The van der Waals surface area contributed by atoms with Crippen molar-refractivity contribution in [2.45, 2.75) is 136 Å². The highest BCUT2D eigenvalue weighted by molar-refractivity contribution is 7.47. The van der Waals surface area contributed by atoms with Crippen LogP contribution < -0.4 is 5.32 Å². The number of carbonyl (C=O) groups is 2. The molecular weight excluding hydrogens is 677 g/mol. The average Bonchev–Trinajstić information content (AvgIpc) is 3.12. The number of hydrogen-bond donors (Lipinski definition) is 2. The lowest BCUT2D eigenvalue weighted by Gasteiger charge is -2.20. The van der Waals surface area contributed by atoms with E-state index < -0.39 is 32.5 Å². The standard InChI is InChI=1S/C42H70NO8P/c1-4-6-8-10-12-14-16-18-20-22-24-26-28-30-32-34-41(44)48-38-40(39-50-52(46,47)49-37-36-43-3)51-42(45)35-33-31-29-27-25-23-21-19-17-15-13-11-9-7-5-2/h6-9,12-15,18-21,24,26,40,43H,4-5,10-11,16-17,22-23,25,27-39H2,1-3H3,(H,46,47)/b8-6-,9-7-,14-12-,15-13-,20-18-,21-19-,26-24-. The number of esters is 2. The van der Waals surface area contributed by atoms with Crippen molar-refractivity contribution in [1.29, 1.82) is 0 Å². The normalized spacial score (nSPS) is 14.3. The Kier molecular flexibility index (Phi) is 35.9. The van der Waals surface area contributed by atoms with Crippen molar-refractivity contribution in [3.63, 3.8) is 0 Å². The predicted octanol–water partition coefficient (Wildman–Crippen LogP) is 10.7. The van der Waals surface area contributed by atoms with Crippen LogP contribution in [0.2, 0.25) is 0 Å². The van der Waals surface area contributed by atoms with Crippen LogP contribution in [0.5, 0.6) is 0 Å². The molecule has 0 fully saturated rings. The lowest BCUT2D eigenvalue weighted by molar-refractivity contribution is -0.161. The first-order valence-corrected chi connectivity index (χ1v) is 21.0. The minimum atomic E-state index is -4.36. The zero-order valence-electron chi connectivity index (χ0n) is 32.5. The number of unbranched alkanes of at least 4 members (excludes halogenated alkanes) is 7. The summed E-state index contributed by atoms with van der Waals surface area (Å²) in [5.41, 5.74) is 0. The fraction of sp³-hybridized carbons (Fsp3) is 0.619. The molecule has 0 spiro atoms. The molecule has 0 radical (unpaired) electrons. The van der Waals surface area contributed by atoms with Crippen LogP contribution in [0.4, 0.5) is 0 Å². The number of allylic oxidation sites excluding steroid dienone is 14. The summed E-state index contributed by atoms with van der Waals surface area (Å²) in [7, 11) is -2.68. The molecule has 0 aromatic rings. The van der Waals surface area contributed by atoms with Crippen molar-refractivity contribution in [2.24, 2.45) is 0 Å². The number of likely N-dealkylation sites (N-methyl/N-ethyl adjacent to an activating group) is 1. The summed E-state index contributed by atoms with van der Waals surface area (Å²) in [6.07, 6.45) is 44.9. The number of nitrogens with one attached hydrogen (secondary N) is 1. The van der Waals surface area contributed by atoms with Gasteiger partial charge in [0.1, 0.15) is 6.61 Å². The lowest BCUT2D eigenvalue weighted by atomic mass is 10.1. The summed E-state index contributed by atoms with van der Waals surface area (Å²) in [6, 6.07) is 0. The Balaban J connectivity index is 4.40. The van der Waals surface area contributed by atoms with E-state index in [0.29, 0.717) is 19.4 Å². The molecule has 2 unspecified atom stereocenters. The summed E-state index contributed by atoms with van der Waals surface area (Å²) in [5, 5.41) is 2.81. The maximum Gasteiger partial charge on any atom is 0.472 e. The average molecular weight is 748 g/mol. The van der Waals surface area contributed by atoms with Gasteiger partial charge in [-0.2, -0.15) is 0 Å². The minimum absolute atomic E-state index is 0.0323. The first kappa shape index (κ1) is 49.2. The largest absolute Gasteiger partial charge is 0.472 e. The summed E-state index contributed by atoms with van der Waals surface area (Å²) in [5.74, 6) is -0.887. The highest BCUT2D eigenvalue weighted by Gasteiger charge is 2.26. The molecule has 0 aliphatic rings. The van der Waals surface area contributed by atoms with Crippen molar-refractivity contribution >= 4 is 19.8 Å². The van der Waals surface area contributed by atoms with Crippen molar-refractivity contribution in [2.75, 3.05) is 33.4 Å². The van der Waals surface area contributed by atoms with Gasteiger partial charge in [0, 0.05) is 19.4 Å². The van der Waals surface area contributed by atoms with E-state index in [1.165, 1.54) is 0 Å². The van der Waals surface area contributed by atoms with E-state index in [1.807, 2.05) is 0 Å². The van der Waals surface area contributed by atoms with Crippen molar-refractivity contribution in [3.05, 3.63) is 85.1 Å². The van der Waals surface area contributed by atoms with Crippen LogP contribution >= 0.6 is 7.82 Å². The third kappa shape index (κ3) is 37.0. The summed E-state index contributed by atoms with van der Waals surface area (Å²) < 4.78 is 33.0. The van der Waals surface area contributed by atoms with E-state index in [1.54, 1.807) is 7.05 Å². The molecule has 0 saturated heterocycles. The van der Waals surface area contributed by atoms with E-state index >= 15 is 0 Å². The quantitative estimate of drug-likeness (QED) is 0.0282. The maximum absolute atomic E-state index is 12.6. The number of phosphoric acid groups is 1. The Morgan fingerprint density at radius 1 is 0.596 bits per heavy atom. The fourth-order valence-electron chi connectivity index (χ4n) is 4.61. The van der Waals surface area contributed by atoms with Gasteiger partial charge in [-0.3, -0.25) is 18.6 Å². The van der Waals surface area contributed by atoms with E-state index in [9.17, 15) is 19.0 Å². The molecule has 0 aliphatic carbocycles. The van der Waals surface area contributed by atoms with Gasteiger partial charge in [-0.15, -0.1) is 0 Å². The summed E-state index contributed by atoms with van der Waals surface area (Å²) in [4.78, 5) is 34.9. The van der Waals surface area contributed by atoms with Crippen LogP contribution in [-0.2, 0) is 32.7 Å². The molecule has 10 heteroatoms. The highest BCUT2D eigenvalue weighted by atomic mass is 31.2. The lowest BCUT2D eigenvalue weighted by Crippen LogP contribution is -2.29. The highest BCUT2D eigenvalue weighted by Crippen LogP contribution is 2.43. The van der Waals surface area contributed by atoms with Crippen molar-refractivity contribution in [1.82, 2.24) is 5.32 Å². The molecule has 0 amide bonds. The number of ether oxygens (including phenoxy) is 2. The molecule has 9 nitrogen and oxygen atoms in total. The Morgan fingerprint density at radius 3 is 1.58 bits per heavy atom. The Hall–Kier alpha value is -2.81. The predicted molar refractivity (Wildman–Crippen MR) is 215 cm³/mol. The second-order valence-corrected chi connectivity index (χ2v) is 13.8. The molecule has 0 aliphatic heterocycles. The van der Waals surface area contributed by atoms with Crippen LogP contribution in [0.1, 0.15) is 129 Å². The number of phosphoric ester groups is 1. The molecule has 0 rings (SSSR count). The van der Waals surface area contributed by atoms with Crippen LogP contribution in [0.25, 0.3) is 0 Å². The van der Waals surface area contributed by atoms with Crippen LogP contribution in [0.15, 0.2) is 85.1 Å². The van der Waals surface area contributed by atoms with Crippen LogP contribution in [0, 0.1) is 0 Å². The van der Waals surface area contributed by atoms with Gasteiger partial charge in [-0.25, -0.2) is 4.57 Å². The van der Waals surface area contributed by atoms with E-state index in [0.717, 1.165) is 89.9 Å². The van der Waals surface area contributed by atoms with E-state index in [4.69, 9.17) is 18.5 Å². The van der Waals surface area contributed by atoms with Gasteiger partial charge in [0.25, 0.3) is 0 Å². The van der Waals surface area contributed by atoms with Crippen molar-refractivity contribution in [3.8, 4) is 0 Å². The molecule has 2 N–H and O–H groups in total. The topological polar surface area (TPSA) is 120 Å². The molecule has 2 atom stereocenters. The summed E-state index contributed by atoms with van der Waals surface area (Å²) >= 11 is 0. The molecule has 0 aromatic carbocycles. The Labute approximate surface area is 316 Å². The first-order valence-electron chi connectivity index (χ1n) is 19.5. The van der Waals surface area contributed by atoms with Gasteiger partial charge in [-0.05, 0) is 90.5 Å². The van der Waals surface area contributed by atoms with Gasteiger partial charge in [0.15, 0.2) is 6.10 Å². The van der Waals surface area contributed by atoms with Gasteiger partial charge in [-0.1, -0.05) is 118 Å². The zero-order valence-corrected chi connectivity index (χ0v) is 33.4. The van der Waals surface area contributed by atoms with E-state index in [2.05, 4.69) is 104 Å². The molecular formula is C42H70NO8P. The number of rotatable bonds is 35.